The molecule has 0 bridgehead atoms. The number of hydrogen-bond donors (Lipinski definition) is 0. The van der Waals surface area contributed by atoms with Crippen molar-refractivity contribution in [3.63, 3.8) is 0 Å². The standard InChI is InChI=1S/C20H28O2.C4H8/c1-4-19-9-6-5-7-17(19)18(3)11-12-20(21-13-14-22-20)15(2)16(18)8-10-19;1-4(2)3/h1,7,15-16H,5-6,8-14H2,2-3H3;1H2,2-3H3/t15-,16?,18+,19-;/m1./s1. The highest BCUT2D eigenvalue weighted by molar-refractivity contribution is 5.37. The van der Waals surface area contributed by atoms with Gasteiger partial charge in [0.05, 0.1) is 18.6 Å². The summed E-state index contributed by atoms with van der Waals surface area (Å²) in [5.41, 5.74) is 3.04. The van der Waals surface area contributed by atoms with E-state index in [1.807, 2.05) is 13.8 Å². The summed E-state index contributed by atoms with van der Waals surface area (Å²) >= 11 is 0. The van der Waals surface area contributed by atoms with E-state index in [2.05, 4.69) is 32.4 Å². The van der Waals surface area contributed by atoms with Crippen LogP contribution in [0.25, 0.3) is 0 Å². The predicted molar refractivity (Wildman–Crippen MR) is 108 cm³/mol. The van der Waals surface area contributed by atoms with E-state index >= 15 is 0 Å². The molecule has 0 amide bonds. The zero-order chi connectivity index (χ0) is 19.0. The Kier molecular flexibility index (Phi) is 5.44. The fraction of sp³-hybridized carbons (Fsp3) is 0.750. The molecule has 144 valence electrons. The normalized spacial score (nSPS) is 40.3. The van der Waals surface area contributed by atoms with Gasteiger partial charge in [-0.3, -0.25) is 0 Å². The Bertz CT molecular complexity index is 615. The van der Waals surface area contributed by atoms with Crippen LogP contribution in [-0.2, 0) is 9.47 Å². The second-order valence-electron chi connectivity index (χ2n) is 9.30. The van der Waals surface area contributed by atoms with Crippen LogP contribution >= 0.6 is 0 Å². The van der Waals surface area contributed by atoms with E-state index in [1.54, 1.807) is 5.57 Å². The summed E-state index contributed by atoms with van der Waals surface area (Å²) in [6.07, 6.45) is 16.7. The minimum atomic E-state index is -0.310. The molecular weight excluding hydrogens is 320 g/mol. The summed E-state index contributed by atoms with van der Waals surface area (Å²) in [4.78, 5) is 0. The zero-order valence-corrected chi connectivity index (χ0v) is 17.2. The monoisotopic (exact) mass is 356 g/mol. The summed E-state index contributed by atoms with van der Waals surface area (Å²) in [5, 5.41) is 0. The highest BCUT2D eigenvalue weighted by Crippen LogP contribution is 2.65. The lowest BCUT2D eigenvalue weighted by atomic mass is 9.46. The van der Waals surface area contributed by atoms with Crippen LogP contribution in [0.2, 0.25) is 0 Å². The van der Waals surface area contributed by atoms with Crippen molar-refractivity contribution < 1.29 is 9.47 Å². The van der Waals surface area contributed by atoms with E-state index < -0.39 is 0 Å². The number of terminal acetylenes is 1. The maximum Gasteiger partial charge on any atom is 0.171 e. The topological polar surface area (TPSA) is 18.5 Å². The first kappa shape index (κ1) is 19.7. The maximum atomic E-state index is 6.09. The molecule has 0 N–H and O–H groups in total. The average Bonchev–Trinajstić information content (AvgIpc) is 3.08. The third kappa shape index (κ3) is 3.08. The van der Waals surface area contributed by atoms with Gasteiger partial charge in [-0.25, -0.2) is 0 Å². The van der Waals surface area contributed by atoms with Gasteiger partial charge < -0.3 is 9.47 Å². The van der Waals surface area contributed by atoms with Crippen LogP contribution in [0.5, 0.6) is 0 Å². The summed E-state index contributed by atoms with van der Waals surface area (Å²) < 4.78 is 12.2. The van der Waals surface area contributed by atoms with Crippen molar-refractivity contribution in [1.82, 2.24) is 0 Å². The first-order valence-corrected chi connectivity index (χ1v) is 10.4. The number of ether oxygens (including phenoxy) is 2. The van der Waals surface area contributed by atoms with Crippen LogP contribution in [0.3, 0.4) is 0 Å². The van der Waals surface area contributed by atoms with Gasteiger partial charge >= 0.3 is 0 Å². The minimum absolute atomic E-state index is 0.0467. The molecule has 2 heteroatoms. The van der Waals surface area contributed by atoms with Crippen molar-refractivity contribution in [2.75, 3.05) is 13.2 Å². The largest absolute Gasteiger partial charge is 0.347 e. The summed E-state index contributed by atoms with van der Waals surface area (Å²) in [6, 6.07) is 0. The molecule has 1 unspecified atom stereocenters. The Labute approximate surface area is 160 Å². The van der Waals surface area contributed by atoms with Gasteiger partial charge in [-0.2, -0.15) is 0 Å². The molecule has 2 nitrogen and oxygen atoms in total. The van der Waals surface area contributed by atoms with Crippen molar-refractivity contribution >= 4 is 0 Å². The van der Waals surface area contributed by atoms with Crippen LogP contribution in [-0.4, -0.2) is 19.0 Å². The van der Waals surface area contributed by atoms with Gasteiger partial charge in [-0.05, 0) is 69.3 Å². The molecule has 1 heterocycles. The molecule has 3 fully saturated rings. The Morgan fingerprint density at radius 2 is 1.85 bits per heavy atom. The molecule has 1 aliphatic heterocycles. The molecule has 1 spiro atoms. The van der Waals surface area contributed by atoms with Crippen molar-refractivity contribution in [2.45, 2.75) is 78.4 Å². The molecule has 3 aliphatic carbocycles. The molecule has 4 atom stereocenters. The summed E-state index contributed by atoms with van der Waals surface area (Å²) in [7, 11) is 0. The predicted octanol–water partition coefficient (Wildman–Crippen LogP) is 5.89. The van der Waals surface area contributed by atoms with Crippen molar-refractivity contribution in [1.29, 1.82) is 0 Å². The highest BCUT2D eigenvalue weighted by Gasteiger charge is 2.60. The lowest BCUT2D eigenvalue weighted by molar-refractivity contribution is -0.243. The Balaban J connectivity index is 0.000000447. The molecule has 26 heavy (non-hydrogen) atoms. The molecule has 4 rings (SSSR count). The van der Waals surface area contributed by atoms with Crippen LogP contribution < -0.4 is 0 Å². The van der Waals surface area contributed by atoms with Gasteiger partial charge in [0, 0.05) is 12.3 Å². The lowest BCUT2D eigenvalue weighted by Crippen LogP contribution is -2.56. The van der Waals surface area contributed by atoms with Gasteiger partial charge in [-0.1, -0.05) is 31.4 Å². The van der Waals surface area contributed by atoms with Gasteiger partial charge in [-0.15, -0.1) is 13.0 Å². The number of rotatable bonds is 0. The Morgan fingerprint density at radius 1 is 1.19 bits per heavy atom. The number of hydrogen-bond acceptors (Lipinski definition) is 2. The van der Waals surface area contributed by atoms with Crippen LogP contribution in [0.1, 0.15) is 72.6 Å². The second kappa shape index (κ2) is 7.17. The summed E-state index contributed by atoms with van der Waals surface area (Å²) in [5.74, 6) is 3.99. The maximum absolute atomic E-state index is 6.09. The van der Waals surface area contributed by atoms with E-state index in [0.717, 1.165) is 32.5 Å². The lowest BCUT2D eigenvalue weighted by Gasteiger charge is -2.60. The minimum Gasteiger partial charge on any atom is -0.347 e. The van der Waals surface area contributed by atoms with Crippen molar-refractivity contribution in [3.05, 3.63) is 23.8 Å². The average molecular weight is 357 g/mol. The fourth-order valence-corrected chi connectivity index (χ4v) is 6.13. The smallest absolute Gasteiger partial charge is 0.171 e. The first-order chi connectivity index (χ1) is 12.3. The molecule has 0 aromatic heterocycles. The molecule has 4 aliphatic rings. The third-order valence-corrected chi connectivity index (χ3v) is 7.33. The van der Waals surface area contributed by atoms with E-state index in [9.17, 15) is 0 Å². The quantitative estimate of drug-likeness (QED) is 0.398. The number of fused-ring (bicyclic) bond motifs is 3. The fourth-order valence-electron chi connectivity index (χ4n) is 6.13. The summed E-state index contributed by atoms with van der Waals surface area (Å²) in [6.45, 7) is 13.8. The van der Waals surface area contributed by atoms with Crippen LogP contribution in [0, 0.1) is 35.0 Å². The first-order valence-electron chi connectivity index (χ1n) is 10.4. The van der Waals surface area contributed by atoms with Gasteiger partial charge in [0.25, 0.3) is 0 Å². The van der Waals surface area contributed by atoms with Crippen molar-refractivity contribution in [3.8, 4) is 12.3 Å². The molecular formula is C24H36O2. The number of allylic oxidation sites excluding steroid dienone is 3. The third-order valence-electron chi connectivity index (χ3n) is 7.33. The zero-order valence-electron chi connectivity index (χ0n) is 17.2. The van der Waals surface area contributed by atoms with Crippen LogP contribution in [0.15, 0.2) is 23.8 Å². The van der Waals surface area contributed by atoms with E-state index in [1.165, 1.54) is 31.3 Å². The molecule has 0 aromatic rings. The second-order valence-corrected chi connectivity index (χ2v) is 9.30. The van der Waals surface area contributed by atoms with E-state index in [4.69, 9.17) is 15.9 Å². The van der Waals surface area contributed by atoms with E-state index in [-0.39, 0.29) is 16.6 Å². The Hall–Kier alpha value is -1.04. The molecule has 1 saturated heterocycles. The SMILES string of the molecule is C#C[C@]12CCCC=C1[C@@]1(C)CCC3(OCCO3)[C@H](C)C1CC2.C=C(C)C. The Morgan fingerprint density at radius 3 is 2.46 bits per heavy atom. The molecule has 0 radical (unpaired) electrons. The molecule has 2 saturated carbocycles. The van der Waals surface area contributed by atoms with Crippen molar-refractivity contribution in [2.24, 2.45) is 22.7 Å². The van der Waals surface area contributed by atoms with E-state index in [0.29, 0.717) is 11.8 Å². The van der Waals surface area contributed by atoms with Crippen LogP contribution in [0.4, 0.5) is 0 Å². The molecule has 0 aromatic carbocycles. The van der Waals surface area contributed by atoms with Gasteiger partial charge in [0.15, 0.2) is 5.79 Å². The highest BCUT2D eigenvalue weighted by atomic mass is 16.7. The van der Waals surface area contributed by atoms with Gasteiger partial charge in [0.1, 0.15) is 0 Å². The van der Waals surface area contributed by atoms with Gasteiger partial charge in [0.2, 0.25) is 0 Å².